The molecule has 148 valence electrons. The zero-order valence-corrected chi connectivity index (χ0v) is 14.9. The van der Waals surface area contributed by atoms with Gasteiger partial charge in [0.25, 0.3) is 5.91 Å². The Kier molecular flexibility index (Phi) is 4.57. The molecule has 0 spiro atoms. The molecule has 29 heavy (non-hydrogen) atoms. The fraction of sp³-hybridized carbons (Fsp3) is 0.150. The van der Waals surface area contributed by atoms with E-state index in [-0.39, 0.29) is 11.6 Å². The van der Waals surface area contributed by atoms with Gasteiger partial charge >= 0.3 is 12.1 Å². The number of hydrogen-bond donors (Lipinski definition) is 3. The highest BCUT2D eigenvalue weighted by Crippen LogP contribution is 2.28. The lowest BCUT2D eigenvalue weighted by Gasteiger charge is -2.11. The number of hydrogen-bond acceptors (Lipinski definition) is 3. The van der Waals surface area contributed by atoms with Gasteiger partial charge in [0.15, 0.2) is 0 Å². The van der Waals surface area contributed by atoms with Gasteiger partial charge < -0.3 is 15.6 Å². The summed E-state index contributed by atoms with van der Waals surface area (Å²) in [5.41, 5.74) is 4.06. The van der Waals surface area contributed by atoms with Gasteiger partial charge in [0.2, 0.25) is 0 Å². The molecule has 0 bridgehead atoms. The van der Waals surface area contributed by atoms with Gasteiger partial charge in [0, 0.05) is 47.4 Å². The number of nitrogens with one attached hydrogen (secondary N) is 3. The number of aromatic amines is 1. The van der Waals surface area contributed by atoms with Gasteiger partial charge in [-0.25, -0.2) is 0 Å². The molecule has 0 radical (unpaired) electrons. The Hall–Kier alpha value is -3.62. The zero-order valence-electron chi connectivity index (χ0n) is 14.9. The quantitative estimate of drug-likeness (QED) is 0.629. The van der Waals surface area contributed by atoms with Crippen LogP contribution in [0.2, 0.25) is 0 Å². The van der Waals surface area contributed by atoms with E-state index in [2.05, 4.69) is 15.3 Å². The van der Waals surface area contributed by atoms with Crippen LogP contribution in [-0.4, -0.2) is 34.5 Å². The summed E-state index contributed by atoms with van der Waals surface area (Å²) in [7, 11) is 0. The minimum absolute atomic E-state index is 0.0176. The van der Waals surface area contributed by atoms with Crippen LogP contribution in [0.25, 0.3) is 22.5 Å². The SMILES string of the molecule is O=C1NCCc2[nH]c(-c3ccnc(-c4cccc(NC(=O)C(F)(F)F)c4)c3)cc21. The van der Waals surface area contributed by atoms with Gasteiger partial charge in [-0.15, -0.1) is 0 Å². The number of carbonyl (C=O) groups excluding carboxylic acids is 2. The number of H-pyrrole nitrogens is 1. The first-order chi connectivity index (χ1) is 13.8. The summed E-state index contributed by atoms with van der Waals surface area (Å²) in [6.45, 7) is 0.573. The van der Waals surface area contributed by atoms with Crippen LogP contribution in [0, 0.1) is 0 Å². The predicted molar refractivity (Wildman–Crippen MR) is 100 cm³/mol. The van der Waals surface area contributed by atoms with Crippen molar-refractivity contribution in [2.45, 2.75) is 12.6 Å². The van der Waals surface area contributed by atoms with Crippen LogP contribution in [-0.2, 0) is 11.2 Å². The number of rotatable bonds is 3. The van der Waals surface area contributed by atoms with Gasteiger partial charge in [-0.3, -0.25) is 14.6 Å². The summed E-state index contributed by atoms with van der Waals surface area (Å²) in [5.74, 6) is -2.16. The second-order valence-electron chi connectivity index (χ2n) is 6.54. The number of fused-ring (bicyclic) bond motifs is 1. The van der Waals surface area contributed by atoms with Crippen LogP contribution >= 0.6 is 0 Å². The van der Waals surface area contributed by atoms with Crippen molar-refractivity contribution in [2.24, 2.45) is 0 Å². The summed E-state index contributed by atoms with van der Waals surface area (Å²) in [5, 5.41) is 4.62. The summed E-state index contributed by atoms with van der Waals surface area (Å²) in [6, 6.07) is 11.3. The van der Waals surface area contributed by atoms with Crippen molar-refractivity contribution < 1.29 is 22.8 Å². The predicted octanol–water partition coefficient (Wildman–Crippen LogP) is 3.53. The molecule has 1 aliphatic rings. The summed E-state index contributed by atoms with van der Waals surface area (Å²) >= 11 is 0. The molecule has 1 aromatic carbocycles. The van der Waals surface area contributed by atoms with Crippen molar-refractivity contribution in [3.8, 4) is 22.5 Å². The molecular formula is C20H15F3N4O2. The van der Waals surface area contributed by atoms with E-state index in [9.17, 15) is 22.8 Å². The molecule has 2 aromatic heterocycles. The van der Waals surface area contributed by atoms with E-state index in [0.29, 0.717) is 29.8 Å². The van der Waals surface area contributed by atoms with Gasteiger partial charge in [-0.2, -0.15) is 13.2 Å². The van der Waals surface area contributed by atoms with E-state index in [1.54, 1.807) is 30.5 Å². The highest BCUT2D eigenvalue weighted by atomic mass is 19.4. The molecule has 0 atom stereocenters. The van der Waals surface area contributed by atoms with E-state index in [4.69, 9.17) is 0 Å². The fourth-order valence-corrected chi connectivity index (χ4v) is 3.16. The topological polar surface area (TPSA) is 86.9 Å². The molecule has 0 saturated carbocycles. The van der Waals surface area contributed by atoms with Crippen molar-refractivity contribution in [3.63, 3.8) is 0 Å². The number of halogens is 3. The number of carbonyl (C=O) groups is 2. The van der Waals surface area contributed by atoms with Crippen molar-refractivity contribution in [2.75, 3.05) is 11.9 Å². The fourth-order valence-electron chi connectivity index (χ4n) is 3.16. The standard InChI is InChI=1S/C20H15F3N4O2/c21-20(22,23)19(29)26-13-3-1-2-11(8-13)16-9-12(4-6-24-16)17-10-14-15(27-17)5-7-25-18(14)28/h1-4,6,8-10,27H,5,7H2,(H,25,28)(H,26,29). The molecule has 2 amide bonds. The monoisotopic (exact) mass is 400 g/mol. The number of aromatic nitrogens is 2. The van der Waals surface area contributed by atoms with Gasteiger partial charge in [-0.05, 0) is 30.3 Å². The van der Waals surface area contributed by atoms with Crippen molar-refractivity contribution in [1.82, 2.24) is 15.3 Å². The van der Waals surface area contributed by atoms with Crippen LogP contribution in [0.3, 0.4) is 0 Å². The lowest BCUT2D eigenvalue weighted by atomic mass is 10.1. The molecule has 0 saturated heterocycles. The van der Waals surface area contributed by atoms with Crippen LogP contribution in [0.5, 0.6) is 0 Å². The number of amides is 2. The lowest BCUT2D eigenvalue weighted by molar-refractivity contribution is -0.167. The normalized spacial score (nSPS) is 13.6. The van der Waals surface area contributed by atoms with Gasteiger partial charge in [-0.1, -0.05) is 12.1 Å². The first kappa shape index (κ1) is 18.7. The second kappa shape index (κ2) is 7.08. The maximum atomic E-state index is 12.5. The number of benzene rings is 1. The van der Waals surface area contributed by atoms with Crippen molar-refractivity contribution >= 4 is 17.5 Å². The van der Waals surface area contributed by atoms with Crippen molar-refractivity contribution in [3.05, 3.63) is 59.9 Å². The third-order valence-electron chi connectivity index (χ3n) is 4.55. The molecule has 9 heteroatoms. The maximum absolute atomic E-state index is 12.5. The molecule has 0 aliphatic carbocycles. The molecule has 3 heterocycles. The first-order valence-corrected chi connectivity index (χ1v) is 8.76. The zero-order chi connectivity index (χ0) is 20.6. The molecular weight excluding hydrogens is 385 g/mol. The third-order valence-corrected chi connectivity index (χ3v) is 4.55. The van der Waals surface area contributed by atoms with E-state index in [1.165, 1.54) is 18.2 Å². The van der Waals surface area contributed by atoms with Crippen molar-refractivity contribution in [1.29, 1.82) is 0 Å². The maximum Gasteiger partial charge on any atom is 0.471 e. The first-order valence-electron chi connectivity index (χ1n) is 8.76. The molecule has 6 nitrogen and oxygen atoms in total. The third kappa shape index (κ3) is 3.84. The molecule has 0 fully saturated rings. The van der Waals surface area contributed by atoms with Crippen LogP contribution < -0.4 is 10.6 Å². The molecule has 3 aromatic rings. The Morgan fingerprint density at radius 2 is 1.93 bits per heavy atom. The molecule has 3 N–H and O–H groups in total. The summed E-state index contributed by atoms with van der Waals surface area (Å²) in [4.78, 5) is 30.6. The molecule has 1 aliphatic heterocycles. The Morgan fingerprint density at radius 1 is 1.10 bits per heavy atom. The van der Waals surface area contributed by atoms with Crippen LogP contribution in [0.1, 0.15) is 16.1 Å². The highest BCUT2D eigenvalue weighted by molar-refractivity contribution is 5.98. The molecule has 0 unspecified atom stereocenters. The van der Waals surface area contributed by atoms with E-state index in [0.717, 1.165) is 17.0 Å². The lowest BCUT2D eigenvalue weighted by Crippen LogP contribution is -2.31. The Labute approximate surface area is 163 Å². The molecule has 4 rings (SSSR count). The smallest absolute Gasteiger partial charge is 0.358 e. The summed E-state index contributed by atoms with van der Waals surface area (Å²) < 4.78 is 37.4. The highest BCUT2D eigenvalue weighted by Gasteiger charge is 2.38. The minimum atomic E-state index is -4.97. The van der Waals surface area contributed by atoms with Crippen LogP contribution in [0.4, 0.5) is 18.9 Å². The number of anilines is 1. The summed E-state index contributed by atoms with van der Waals surface area (Å²) in [6.07, 6.45) is -2.68. The average Bonchev–Trinajstić information content (AvgIpc) is 3.13. The number of nitrogens with zero attached hydrogens (tertiary/aromatic N) is 1. The van der Waals surface area contributed by atoms with Gasteiger partial charge in [0.05, 0.1) is 11.3 Å². The minimum Gasteiger partial charge on any atom is -0.358 e. The van der Waals surface area contributed by atoms with E-state index < -0.39 is 12.1 Å². The number of alkyl halides is 3. The largest absolute Gasteiger partial charge is 0.471 e. The Morgan fingerprint density at radius 3 is 2.69 bits per heavy atom. The number of pyridine rings is 1. The van der Waals surface area contributed by atoms with Gasteiger partial charge in [0.1, 0.15) is 0 Å². The second-order valence-corrected chi connectivity index (χ2v) is 6.54. The van der Waals surface area contributed by atoms with E-state index in [1.807, 2.05) is 5.32 Å². The Balaban J connectivity index is 1.64. The van der Waals surface area contributed by atoms with Crippen LogP contribution in [0.15, 0.2) is 48.7 Å². The van der Waals surface area contributed by atoms with E-state index >= 15 is 0 Å². The Bertz CT molecular complexity index is 1110. The average molecular weight is 400 g/mol.